The SMILES string of the molecule is CC(=O)N(C)c1cc(C)c2ccn(C(=O)c3nc(Nc4snc(O)c4C(=N)NCCc4ncc[nH]4)ccc3C)c2n1. The number of anilines is 3. The Morgan fingerprint density at radius 2 is 2.00 bits per heavy atom. The predicted octanol–water partition coefficient (Wildman–Crippen LogP) is 3.51. The molecule has 0 fully saturated rings. The van der Waals surface area contributed by atoms with E-state index in [2.05, 4.69) is 34.9 Å². The third kappa shape index (κ3) is 5.49. The highest BCUT2D eigenvalue weighted by atomic mass is 32.1. The smallest absolute Gasteiger partial charge is 0.282 e. The fraction of sp³-hybridized carbons (Fsp3) is 0.222. The summed E-state index contributed by atoms with van der Waals surface area (Å²) in [5.74, 6) is 0.683. The van der Waals surface area contributed by atoms with Crippen molar-refractivity contribution in [1.29, 1.82) is 5.41 Å². The van der Waals surface area contributed by atoms with E-state index in [1.165, 1.54) is 16.4 Å². The van der Waals surface area contributed by atoms with Crippen molar-refractivity contribution in [2.75, 3.05) is 23.8 Å². The topological polar surface area (TPSA) is 178 Å². The summed E-state index contributed by atoms with van der Waals surface area (Å²) in [5.41, 5.74) is 2.34. The highest BCUT2D eigenvalue weighted by molar-refractivity contribution is 7.11. The molecule has 1 amide bonds. The summed E-state index contributed by atoms with van der Waals surface area (Å²) in [4.78, 5) is 43.4. The maximum absolute atomic E-state index is 13.7. The summed E-state index contributed by atoms with van der Waals surface area (Å²) in [6, 6.07) is 7.08. The first-order valence-electron chi connectivity index (χ1n) is 12.7. The van der Waals surface area contributed by atoms with Crippen LogP contribution in [0.3, 0.4) is 0 Å². The second-order valence-electron chi connectivity index (χ2n) is 9.39. The molecule has 0 aliphatic heterocycles. The molecule has 5 aromatic rings. The molecule has 41 heavy (non-hydrogen) atoms. The van der Waals surface area contributed by atoms with E-state index in [4.69, 9.17) is 5.41 Å². The van der Waals surface area contributed by atoms with Crippen LogP contribution < -0.4 is 15.5 Å². The average molecular weight is 573 g/mol. The van der Waals surface area contributed by atoms with Gasteiger partial charge in [0, 0.05) is 50.9 Å². The lowest BCUT2D eigenvalue weighted by molar-refractivity contribution is -0.116. The largest absolute Gasteiger partial charge is 0.492 e. The van der Waals surface area contributed by atoms with Crippen molar-refractivity contribution in [1.82, 2.24) is 34.2 Å². The number of amidine groups is 1. The van der Waals surface area contributed by atoms with Gasteiger partial charge in [-0.1, -0.05) is 6.07 Å². The van der Waals surface area contributed by atoms with Crippen LogP contribution in [0.25, 0.3) is 11.0 Å². The summed E-state index contributed by atoms with van der Waals surface area (Å²) >= 11 is 0.974. The zero-order chi connectivity index (χ0) is 29.3. The standard InChI is InChI=1S/C27H28N10O3S/c1-14-5-6-19(33-26-21(25(39)35-41-26)23(28)31-9-7-18-29-10-11-30-18)32-22(14)27(40)37-12-8-17-15(2)13-20(34-24(17)37)36(4)16(3)38/h5-6,8,10-13H,7,9H2,1-4H3,(H2,28,31)(H,29,30)(H,32,33)(H,35,39). The van der Waals surface area contributed by atoms with Crippen LogP contribution in [0.15, 0.2) is 42.9 Å². The number of pyridine rings is 2. The molecule has 0 aliphatic rings. The fourth-order valence-electron chi connectivity index (χ4n) is 4.22. The molecular formula is C27H28N10O3S. The first-order valence-corrected chi connectivity index (χ1v) is 13.4. The molecule has 0 bridgehead atoms. The number of hydrogen-bond acceptors (Lipinski definition) is 10. The summed E-state index contributed by atoms with van der Waals surface area (Å²) < 4.78 is 5.40. The summed E-state index contributed by atoms with van der Waals surface area (Å²) in [6.07, 6.45) is 5.59. The van der Waals surface area contributed by atoms with Crippen LogP contribution in [0.1, 0.15) is 39.9 Å². The third-order valence-electron chi connectivity index (χ3n) is 6.57. The molecule has 0 aromatic carbocycles. The van der Waals surface area contributed by atoms with Crippen LogP contribution in [0, 0.1) is 19.3 Å². The zero-order valence-electron chi connectivity index (χ0n) is 22.8. The first-order chi connectivity index (χ1) is 19.6. The minimum Gasteiger partial charge on any atom is -0.492 e. The Balaban J connectivity index is 1.40. The number of fused-ring (bicyclic) bond motifs is 1. The molecule has 0 radical (unpaired) electrons. The van der Waals surface area contributed by atoms with Gasteiger partial charge >= 0.3 is 0 Å². The van der Waals surface area contributed by atoms with Crippen LogP contribution in [0.4, 0.5) is 16.6 Å². The van der Waals surface area contributed by atoms with E-state index in [0.29, 0.717) is 40.8 Å². The third-order valence-corrected chi connectivity index (χ3v) is 7.32. The van der Waals surface area contributed by atoms with Crippen molar-refractivity contribution in [3.05, 3.63) is 71.1 Å². The van der Waals surface area contributed by atoms with Crippen molar-refractivity contribution in [3.8, 4) is 5.88 Å². The van der Waals surface area contributed by atoms with E-state index in [1.807, 2.05) is 6.92 Å². The maximum Gasteiger partial charge on any atom is 0.282 e. The van der Waals surface area contributed by atoms with Gasteiger partial charge in [-0.15, -0.1) is 0 Å². The van der Waals surface area contributed by atoms with Gasteiger partial charge in [-0.25, -0.2) is 15.0 Å². The number of rotatable bonds is 8. The lowest BCUT2D eigenvalue weighted by Crippen LogP contribution is -2.26. The van der Waals surface area contributed by atoms with Crippen LogP contribution in [-0.4, -0.2) is 65.2 Å². The number of amides is 1. The molecular weight excluding hydrogens is 544 g/mol. The van der Waals surface area contributed by atoms with Gasteiger partial charge in [-0.05, 0) is 54.7 Å². The maximum atomic E-state index is 13.7. The van der Waals surface area contributed by atoms with E-state index in [0.717, 1.165) is 28.3 Å². The van der Waals surface area contributed by atoms with Gasteiger partial charge in [0.1, 0.15) is 45.2 Å². The quantitative estimate of drug-likeness (QED) is 0.137. The van der Waals surface area contributed by atoms with Crippen molar-refractivity contribution < 1.29 is 14.7 Å². The summed E-state index contributed by atoms with van der Waals surface area (Å²) in [6.45, 7) is 5.55. The van der Waals surface area contributed by atoms with Gasteiger partial charge in [0.2, 0.25) is 11.8 Å². The van der Waals surface area contributed by atoms with Crippen molar-refractivity contribution in [2.45, 2.75) is 27.2 Å². The minimum absolute atomic E-state index is 0.0136. The molecule has 0 aliphatic carbocycles. The zero-order valence-corrected chi connectivity index (χ0v) is 23.6. The number of H-pyrrole nitrogens is 1. The van der Waals surface area contributed by atoms with E-state index < -0.39 is 5.91 Å². The van der Waals surface area contributed by atoms with Gasteiger partial charge in [-0.2, -0.15) is 4.37 Å². The first kappa shape index (κ1) is 27.5. The number of nitrogens with one attached hydrogen (secondary N) is 4. The van der Waals surface area contributed by atoms with E-state index in [9.17, 15) is 14.7 Å². The normalized spacial score (nSPS) is 11.0. The molecule has 14 heteroatoms. The van der Waals surface area contributed by atoms with Crippen LogP contribution in [0.5, 0.6) is 5.88 Å². The summed E-state index contributed by atoms with van der Waals surface area (Å²) in [7, 11) is 1.63. The van der Waals surface area contributed by atoms with Crippen molar-refractivity contribution >= 4 is 56.9 Å². The highest BCUT2D eigenvalue weighted by Crippen LogP contribution is 2.32. The Kier molecular flexibility index (Phi) is 7.48. The number of nitrogens with zero attached hydrogens (tertiary/aromatic N) is 6. The number of hydrogen-bond donors (Lipinski definition) is 5. The number of aromatic amines is 1. The second kappa shape index (κ2) is 11.2. The Morgan fingerprint density at radius 1 is 1.20 bits per heavy atom. The fourth-order valence-corrected chi connectivity index (χ4v) is 4.93. The van der Waals surface area contributed by atoms with Gasteiger partial charge in [0.05, 0.1) is 0 Å². The Hall–Kier alpha value is -5.11. The second-order valence-corrected chi connectivity index (χ2v) is 10.2. The van der Waals surface area contributed by atoms with Gasteiger partial charge in [0.15, 0.2) is 0 Å². The van der Waals surface area contributed by atoms with Crippen LogP contribution in [0.2, 0.25) is 0 Å². The predicted molar refractivity (Wildman–Crippen MR) is 156 cm³/mol. The van der Waals surface area contributed by atoms with Crippen LogP contribution in [-0.2, 0) is 11.2 Å². The molecule has 0 unspecified atom stereocenters. The van der Waals surface area contributed by atoms with Crippen LogP contribution >= 0.6 is 11.5 Å². The highest BCUT2D eigenvalue weighted by Gasteiger charge is 2.22. The van der Waals surface area contributed by atoms with Crippen molar-refractivity contribution in [2.24, 2.45) is 0 Å². The van der Waals surface area contributed by atoms with Gasteiger partial charge in [-0.3, -0.25) is 19.6 Å². The molecule has 210 valence electrons. The molecule has 0 saturated heterocycles. The van der Waals surface area contributed by atoms with Crippen molar-refractivity contribution in [3.63, 3.8) is 0 Å². The summed E-state index contributed by atoms with van der Waals surface area (Å²) in [5, 5.41) is 26.0. The molecule has 5 N–H and O–H groups in total. The minimum atomic E-state index is -0.393. The molecule has 0 atom stereocenters. The number of aryl methyl sites for hydroxylation is 2. The number of aromatic nitrogens is 6. The molecule has 0 saturated carbocycles. The molecule has 5 aromatic heterocycles. The monoisotopic (exact) mass is 572 g/mol. The molecule has 5 rings (SSSR count). The molecule has 5 heterocycles. The van der Waals surface area contributed by atoms with Gasteiger partial charge < -0.3 is 25.6 Å². The Morgan fingerprint density at radius 3 is 2.73 bits per heavy atom. The molecule has 13 nitrogen and oxygen atoms in total. The lowest BCUT2D eigenvalue weighted by atomic mass is 10.2. The Bertz CT molecular complexity index is 1770. The number of imidazole rings is 1. The lowest BCUT2D eigenvalue weighted by Gasteiger charge is -2.15. The van der Waals surface area contributed by atoms with E-state index >= 15 is 0 Å². The number of carbonyl (C=O) groups excluding carboxylic acids is 2. The van der Waals surface area contributed by atoms with E-state index in [-0.39, 0.29) is 28.9 Å². The average Bonchev–Trinajstić information content (AvgIpc) is 3.69. The van der Waals surface area contributed by atoms with Gasteiger partial charge in [0.25, 0.3) is 5.91 Å². The Labute approximate surface area is 239 Å². The molecule has 0 spiro atoms. The van der Waals surface area contributed by atoms with E-state index in [1.54, 1.807) is 56.8 Å². The number of aromatic hydroxyl groups is 1. The number of carbonyl (C=O) groups is 2.